The molecule has 0 radical (unpaired) electrons. The summed E-state index contributed by atoms with van der Waals surface area (Å²) in [6.45, 7) is 3.30. The number of nitrogens with zero attached hydrogens (tertiary/aromatic N) is 1. The maximum absolute atomic E-state index is 10.6. The third-order valence-corrected chi connectivity index (χ3v) is 7.08. The summed E-state index contributed by atoms with van der Waals surface area (Å²) in [7, 11) is 4.28. The van der Waals surface area contributed by atoms with E-state index in [9.17, 15) is 10.2 Å². The first-order valence-corrected chi connectivity index (χ1v) is 11.9. The van der Waals surface area contributed by atoms with Gasteiger partial charge in [0, 0.05) is 5.92 Å². The monoisotopic (exact) mass is 411 g/mol. The molecule has 0 unspecified atom stereocenters. The highest BCUT2D eigenvalue weighted by Gasteiger charge is 2.43. The summed E-state index contributed by atoms with van der Waals surface area (Å²) in [6, 6.07) is 8.39. The van der Waals surface area contributed by atoms with Gasteiger partial charge in [-0.3, -0.25) is 0 Å². The Morgan fingerprint density at radius 1 is 1.13 bits per heavy atom. The van der Waals surface area contributed by atoms with Crippen LogP contribution in [0.4, 0.5) is 0 Å². The van der Waals surface area contributed by atoms with Crippen molar-refractivity contribution >= 4 is 0 Å². The van der Waals surface area contributed by atoms with Crippen molar-refractivity contribution in [3.63, 3.8) is 0 Å². The molecule has 0 saturated heterocycles. The number of aliphatic hydroxyl groups excluding tert-OH is 2. The average Bonchev–Trinajstić information content (AvgIpc) is 3.21. The van der Waals surface area contributed by atoms with Crippen LogP contribution in [-0.4, -0.2) is 48.0 Å². The van der Waals surface area contributed by atoms with Crippen molar-refractivity contribution in [2.24, 2.45) is 17.8 Å². The summed E-state index contributed by atoms with van der Waals surface area (Å²) < 4.78 is 0. The molecule has 1 saturated carbocycles. The SMILES string of the molecule is Cc1ccccc1CC[C@@H](O)/C=C/[C@@H]1[C@H]2CC(CCCCCN(C)C)=C[C@H]2C[C@H]1O. The van der Waals surface area contributed by atoms with Crippen LogP contribution in [-0.2, 0) is 6.42 Å². The predicted octanol–water partition coefficient (Wildman–Crippen LogP) is 4.91. The number of hydrogen-bond acceptors (Lipinski definition) is 3. The predicted molar refractivity (Wildman–Crippen MR) is 125 cm³/mol. The third-order valence-electron chi connectivity index (χ3n) is 7.08. The number of allylic oxidation sites excluding steroid dienone is 2. The van der Waals surface area contributed by atoms with Crippen molar-refractivity contribution in [1.82, 2.24) is 4.90 Å². The molecule has 1 aromatic carbocycles. The second kappa shape index (κ2) is 11.3. The Hall–Kier alpha value is -1.42. The molecule has 0 bridgehead atoms. The van der Waals surface area contributed by atoms with Gasteiger partial charge in [0.1, 0.15) is 0 Å². The summed E-state index contributed by atoms with van der Waals surface area (Å²) in [5, 5.41) is 21.0. The van der Waals surface area contributed by atoms with Crippen LogP contribution in [0.25, 0.3) is 0 Å². The summed E-state index contributed by atoms with van der Waals surface area (Å²) in [5.41, 5.74) is 4.19. The number of fused-ring (bicyclic) bond motifs is 1. The van der Waals surface area contributed by atoms with E-state index in [1.54, 1.807) is 5.57 Å². The Morgan fingerprint density at radius 3 is 2.70 bits per heavy atom. The lowest BCUT2D eigenvalue weighted by atomic mass is 9.88. The standard InChI is InChI=1S/C27H41NO2/c1-20-9-6-7-11-22(20)12-13-24(29)14-15-25-26-18-21(17-23(26)19-27(25)30)10-5-4-8-16-28(2)3/h6-7,9,11,14-15,17,23-27,29-30H,4-5,8,10,12-13,16,18-19H2,1-3H3/b15-14+/t23-,24+,25+,26-,27+/m0/s1. The van der Waals surface area contributed by atoms with Crippen LogP contribution in [0.2, 0.25) is 0 Å². The van der Waals surface area contributed by atoms with Crippen LogP contribution in [0.15, 0.2) is 48.1 Å². The van der Waals surface area contributed by atoms with E-state index in [-0.39, 0.29) is 12.0 Å². The fourth-order valence-corrected chi connectivity index (χ4v) is 5.29. The average molecular weight is 412 g/mol. The lowest BCUT2D eigenvalue weighted by molar-refractivity contribution is 0.139. The summed E-state index contributed by atoms with van der Waals surface area (Å²) in [4.78, 5) is 2.26. The third kappa shape index (κ3) is 6.54. The minimum Gasteiger partial charge on any atom is -0.392 e. The molecular formula is C27H41NO2. The summed E-state index contributed by atoms with van der Waals surface area (Å²) >= 11 is 0. The van der Waals surface area contributed by atoms with Gasteiger partial charge in [0.25, 0.3) is 0 Å². The molecule has 0 aliphatic heterocycles. The van der Waals surface area contributed by atoms with Crippen LogP contribution < -0.4 is 0 Å². The zero-order valence-electron chi connectivity index (χ0n) is 19.1. The van der Waals surface area contributed by atoms with E-state index in [2.05, 4.69) is 62.3 Å². The Bertz CT molecular complexity index is 723. The first kappa shape index (κ1) is 23.2. The molecule has 2 aliphatic carbocycles. The molecule has 3 rings (SSSR count). The molecule has 3 nitrogen and oxygen atoms in total. The zero-order valence-corrected chi connectivity index (χ0v) is 19.1. The second-order valence-electron chi connectivity index (χ2n) is 9.77. The summed E-state index contributed by atoms with van der Waals surface area (Å²) in [6.07, 6.45) is 14.5. The van der Waals surface area contributed by atoms with Gasteiger partial charge >= 0.3 is 0 Å². The highest BCUT2D eigenvalue weighted by molar-refractivity contribution is 5.26. The largest absolute Gasteiger partial charge is 0.392 e. The number of rotatable bonds is 11. The van der Waals surface area contributed by atoms with Crippen molar-refractivity contribution in [2.45, 2.75) is 70.5 Å². The van der Waals surface area contributed by atoms with Gasteiger partial charge < -0.3 is 15.1 Å². The Labute approximate surface area is 183 Å². The number of benzene rings is 1. The second-order valence-corrected chi connectivity index (χ2v) is 9.77. The van der Waals surface area contributed by atoms with E-state index in [1.807, 2.05) is 6.08 Å². The number of aryl methyl sites for hydroxylation is 2. The molecule has 0 spiro atoms. The van der Waals surface area contributed by atoms with Gasteiger partial charge in [-0.2, -0.15) is 0 Å². The fourth-order valence-electron chi connectivity index (χ4n) is 5.29. The molecule has 0 heterocycles. The van der Waals surface area contributed by atoms with Crippen LogP contribution in [0.1, 0.15) is 56.1 Å². The maximum Gasteiger partial charge on any atom is 0.0724 e. The normalized spacial score (nSPS) is 27.1. The molecule has 1 fully saturated rings. The number of aliphatic hydroxyl groups is 2. The van der Waals surface area contributed by atoms with Gasteiger partial charge in [0.15, 0.2) is 0 Å². The van der Waals surface area contributed by atoms with Crippen LogP contribution >= 0.6 is 0 Å². The van der Waals surface area contributed by atoms with Gasteiger partial charge in [-0.25, -0.2) is 0 Å². The molecule has 1 aromatic rings. The van der Waals surface area contributed by atoms with E-state index in [0.29, 0.717) is 11.8 Å². The van der Waals surface area contributed by atoms with Crippen molar-refractivity contribution in [3.05, 3.63) is 59.2 Å². The molecule has 3 heteroatoms. The topological polar surface area (TPSA) is 43.7 Å². The first-order chi connectivity index (χ1) is 14.4. The van der Waals surface area contributed by atoms with E-state index in [4.69, 9.17) is 0 Å². The van der Waals surface area contributed by atoms with Gasteiger partial charge in [0.05, 0.1) is 12.2 Å². The smallest absolute Gasteiger partial charge is 0.0724 e. The summed E-state index contributed by atoms with van der Waals surface area (Å²) in [5.74, 6) is 1.23. The maximum atomic E-state index is 10.6. The number of unbranched alkanes of at least 4 members (excludes halogenated alkanes) is 2. The lowest BCUT2D eigenvalue weighted by Gasteiger charge is -2.19. The quantitative estimate of drug-likeness (QED) is 0.402. The van der Waals surface area contributed by atoms with E-state index < -0.39 is 6.10 Å². The van der Waals surface area contributed by atoms with Crippen LogP contribution in [0.5, 0.6) is 0 Å². The van der Waals surface area contributed by atoms with Gasteiger partial charge in [-0.05, 0) is 95.5 Å². The van der Waals surface area contributed by atoms with Crippen molar-refractivity contribution < 1.29 is 10.2 Å². The molecular weight excluding hydrogens is 370 g/mol. The first-order valence-electron chi connectivity index (χ1n) is 11.9. The molecule has 0 aromatic heterocycles. The highest BCUT2D eigenvalue weighted by Crippen LogP contribution is 2.48. The lowest BCUT2D eigenvalue weighted by Crippen LogP contribution is -2.18. The minimum absolute atomic E-state index is 0.186. The van der Waals surface area contributed by atoms with Gasteiger partial charge in [-0.15, -0.1) is 0 Å². The van der Waals surface area contributed by atoms with Crippen LogP contribution in [0, 0.1) is 24.7 Å². The zero-order chi connectivity index (χ0) is 21.5. The fraction of sp³-hybridized carbons (Fsp3) is 0.630. The van der Waals surface area contributed by atoms with E-state index in [0.717, 1.165) is 25.7 Å². The van der Waals surface area contributed by atoms with Crippen molar-refractivity contribution in [3.8, 4) is 0 Å². The van der Waals surface area contributed by atoms with Gasteiger partial charge in [0.2, 0.25) is 0 Å². The van der Waals surface area contributed by atoms with Crippen molar-refractivity contribution in [2.75, 3.05) is 20.6 Å². The van der Waals surface area contributed by atoms with E-state index in [1.165, 1.54) is 43.4 Å². The highest BCUT2D eigenvalue weighted by atomic mass is 16.3. The van der Waals surface area contributed by atoms with Crippen LogP contribution in [0.3, 0.4) is 0 Å². The molecule has 2 aliphatic rings. The Morgan fingerprint density at radius 2 is 1.93 bits per heavy atom. The molecule has 30 heavy (non-hydrogen) atoms. The molecule has 5 atom stereocenters. The minimum atomic E-state index is -0.443. The molecule has 2 N–H and O–H groups in total. The molecule has 166 valence electrons. The number of hydrogen-bond donors (Lipinski definition) is 2. The van der Waals surface area contributed by atoms with Crippen molar-refractivity contribution in [1.29, 1.82) is 0 Å². The Balaban J connectivity index is 1.44. The van der Waals surface area contributed by atoms with E-state index >= 15 is 0 Å². The molecule has 0 amide bonds. The van der Waals surface area contributed by atoms with Gasteiger partial charge in [-0.1, -0.05) is 54.5 Å². The Kier molecular flexibility index (Phi) is 8.73.